The van der Waals surface area contributed by atoms with E-state index in [0.717, 1.165) is 18.9 Å². The molecule has 0 unspecified atom stereocenters. The summed E-state index contributed by atoms with van der Waals surface area (Å²) < 4.78 is 26.7. The Morgan fingerprint density at radius 3 is 2.55 bits per heavy atom. The van der Waals surface area contributed by atoms with Crippen molar-refractivity contribution in [2.75, 3.05) is 13.2 Å². The molecule has 0 radical (unpaired) electrons. The Morgan fingerprint density at radius 1 is 1.40 bits per heavy atom. The van der Waals surface area contributed by atoms with Crippen molar-refractivity contribution in [2.24, 2.45) is 5.41 Å². The van der Waals surface area contributed by atoms with E-state index in [-0.39, 0.29) is 34.0 Å². The molecule has 0 aliphatic heterocycles. The van der Waals surface area contributed by atoms with Gasteiger partial charge in [-0.2, -0.15) is 0 Å². The Bertz CT molecular complexity index is 639. The van der Waals surface area contributed by atoms with E-state index in [1.165, 1.54) is 12.1 Å². The molecule has 6 nitrogen and oxygen atoms in total. The number of nitrogens with one attached hydrogen (secondary N) is 1. The lowest BCUT2D eigenvalue weighted by Crippen LogP contribution is -2.32. The highest BCUT2D eigenvalue weighted by atomic mass is 35.5. The van der Waals surface area contributed by atoms with Crippen LogP contribution in [0.4, 0.5) is 0 Å². The van der Waals surface area contributed by atoms with E-state index < -0.39 is 16.0 Å². The van der Waals surface area contributed by atoms with E-state index in [1.807, 2.05) is 0 Å². The number of carboxylic acids is 1. The summed E-state index contributed by atoms with van der Waals surface area (Å²) in [5.41, 5.74) is -0.540. The largest absolute Gasteiger partial charge is 0.478 e. The second-order valence-corrected chi connectivity index (χ2v) is 7.08. The fraction of sp³-hybridized carbons (Fsp3) is 0.417. The smallest absolute Gasteiger partial charge is 0.335 e. The van der Waals surface area contributed by atoms with Crippen molar-refractivity contribution in [1.82, 2.24) is 4.72 Å². The predicted molar refractivity (Wildman–Crippen MR) is 72.4 cm³/mol. The molecule has 0 spiro atoms. The zero-order chi connectivity index (χ0) is 15.0. The number of halogens is 1. The van der Waals surface area contributed by atoms with Gasteiger partial charge in [-0.05, 0) is 31.0 Å². The Morgan fingerprint density at radius 2 is 2.05 bits per heavy atom. The number of carboxylic acid groups (broad SMARTS) is 1. The quantitative estimate of drug-likeness (QED) is 0.728. The third-order valence-electron chi connectivity index (χ3n) is 3.40. The molecule has 2 rings (SSSR count). The predicted octanol–water partition coefficient (Wildman–Crippen LogP) is 1.09. The summed E-state index contributed by atoms with van der Waals surface area (Å²) in [6.45, 7) is 0.0257. The molecule has 0 atom stereocenters. The number of carbonyl (C=O) groups is 1. The lowest BCUT2D eigenvalue weighted by atomic mass is 10.1. The molecule has 1 aliphatic carbocycles. The molecule has 1 aromatic carbocycles. The number of hydrogen-bond donors (Lipinski definition) is 3. The van der Waals surface area contributed by atoms with E-state index in [2.05, 4.69) is 4.72 Å². The van der Waals surface area contributed by atoms with Crippen LogP contribution in [0.1, 0.15) is 23.2 Å². The SMILES string of the molecule is O=C(O)c1ccc(Cl)c(S(=O)(=O)NCC2(CO)CC2)c1. The average Bonchev–Trinajstić information content (AvgIpc) is 3.17. The maximum atomic E-state index is 12.1. The molecule has 0 bridgehead atoms. The van der Waals surface area contributed by atoms with Gasteiger partial charge in [-0.25, -0.2) is 17.9 Å². The number of benzene rings is 1. The van der Waals surface area contributed by atoms with Crippen molar-refractivity contribution in [2.45, 2.75) is 17.7 Å². The van der Waals surface area contributed by atoms with E-state index in [4.69, 9.17) is 21.8 Å². The van der Waals surface area contributed by atoms with Gasteiger partial charge in [0.05, 0.1) is 10.6 Å². The van der Waals surface area contributed by atoms with Crippen LogP contribution in [0.5, 0.6) is 0 Å². The maximum absolute atomic E-state index is 12.1. The van der Waals surface area contributed by atoms with Crippen molar-refractivity contribution in [3.05, 3.63) is 28.8 Å². The van der Waals surface area contributed by atoms with Crippen LogP contribution >= 0.6 is 11.6 Å². The summed E-state index contributed by atoms with van der Waals surface area (Å²) in [4.78, 5) is 10.6. The van der Waals surface area contributed by atoms with Gasteiger partial charge in [0.25, 0.3) is 0 Å². The van der Waals surface area contributed by atoms with Gasteiger partial charge in [0.1, 0.15) is 4.90 Å². The Hall–Kier alpha value is -1.15. The minimum atomic E-state index is -3.91. The zero-order valence-corrected chi connectivity index (χ0v) is 12.0. The highest BCUT2D eigenvalue weighted by molar-refractivity contribution is 7.89. The van der Waals surface area contributed by atoms with Crippen LogP contribution in [0.3, 0.4) is 0 Å². The molecule has 0 heterocycles. The first-order valence-corrected chi connectivity index (χ1v) is 7.79. The third kappa shape index (κ3) is 3.12. The average molecular weight is 320 g/mol. The molecule has 1 aromatic rings. The fourth-order valence-electron chi connectivity index (χ4n) is 1.74. The first-order valence-electron chi connectivity index (χ1n) is 5.93. The summed E-state index contributed by atoms with van der Waals surface area (Å²) in [7, 11) is -3.91. The molecule has 1 aliphatic rings. The van der Waals surface area contributed by atoms with Crippen molar-refractivity contribution < 1.29 is 23.4 Å². The molecular formula is C12H14ClNO5S. The highest BCUT2D eigenvalue weighted by Crippen LogP contribution is 2.44. The Kier molecular flexibility index (Phi) is 4.06. The van der Waals surface area contributed by atoms with Crippen molar-refractivity contribution in [1.29, 1.82) is 0 Å². The van der Waals surface area contributed by atoms with Gasteiger partial charge < -0.3 is 10.2 Å². The minimum Gasteiger partial charge on any atom is -0.478 e. The van der Waals surface area contributed by atoms with Crippen molar-refractivity contribution >= 4 is 27.6 Å². The van der Waals surface area contributed by atoms with E-state index >= 15 is 0 Å². The molecule has 0 aromatic heterocycles. The fourth-order valence-corrected chi connectivity index (χ4v) is 3.42. The van der Waals surface area contributed by atoms with Crippen LogP contribution in [0.2, 0.25) is 5.02 Å². The van der Waals surface area contributed by atoms with Gasteiger partial charge in [0, 0.05) is 18.6 Å². The van der Waals surface area contributed by atoms with E-state index in [9.17, 15) is 13.2 Å². The van der Waals surface area contributed by atoms with E-state index in [0.29, 0.717) is 0 Å². The first-order chi connectivity index (χ1) is 9.30. The number of aliphatic hydroxyl groups is 1. The van der Waals surface area contributed by atoms with Gasteiger partial charge in [-0.1, -0.05) is 11.6 Å². The molecule has 1 fully saturated rings. The monoisotopic (exact) mass is 319 g/mol. The van der Waals surface area contributed by atoms with Gasteiger partial charge in [0.2, 0.25) is 10.0 Å². The van der Waals surface area contributed by atoms with Crippen LogP contribution in [-0.2, 0) is 10.0 Å². The summed E-state index contributed by atoms with van der Waals surface area (Å²) >= 11 is 5.82. The molecule has 20 heavy (non-hydrogen) atoms. The maximum Gasteiger partial charge on any atom is 0.335 e. The summed E-state index contributed by atoms with van der Waals surface area (Å²) in [5, 5.41) is 18.0. The summed E-state index contributed by atoms with van der Waals surface area (Å²) in [6, 6.07) is 3.49. The second kappa shape index (κ2) is 5.33. The number of aliphatic hydroxyl groups excluding tert-OH is 1. The molecule has 8 heteroatoms. The molecule has 0 amide bonds. The van der Waals surface area contributed by atoms with E-state index in [1.54, 1.807) is 0 Å². The molecular weight excluding hydrogens is 306 g/mol. The topological polar surface area (TPSA) is 104 Å². The van der Waals surface area contributed by atoms with Crippen LogP contribution in [-0.4, -0.2) is 37.8 Å². The Labute approximate surface area is 121 Å². The van der Waals surface area contributed by atoms with Gasteiger partial charge in [-0.15, -0.1) is 0 Å². The number of hydrogen-bond acceptors (Lipinski definition) is 4. The lowest BCUT2D eigenvalue weighted by molar-refractivity contribution is 0.0696. The van der Waals surface area contributed by atoms with Crippen LogP contribution in [0, 0.1) is 5.41 Å². The zero-order valence-electron chi connectivity index (χ0n) is 10.5. The molecule has 110 valence electrons. The molecule has 1 saturated carbocycles. The first kappa shape index (κ1) is 15.2. The molecule has 3 N–H and O–H groups in total. The van der Waals surface area contributed by atoms with Crippen molar-refractivity contribution in [3.8, 4) is 0 Å². The summed E-state index contributed by atoms with van der Waals surface area (Å²) in [5.74, 6) is -1.23. The third-order valence-corrected chi connectivity index (χ3v) is 5.28. The summed E-state index contributed by atoms with van der Waals surface area (Å²) in [6.07, 6.45) is 1.52. The van der Waals surface area contributed by atoms with Crippen LogP contribution in [0.15, 0.2) is 23.1 Å². The van der Waals surface area contributed by atoms with Crippen LogP contribution in [0.25, 0.3) is 0 Å². The number of aromatic carboxylic acids is 1. The van der Waals surface area contributed by atoms with Crippen LogP contribution < -0.4 is 4.72 Å². The van der Waals surface area contributed by atoms with Crippen molar-refractivity contribution in [3.63, 3.8) is 0 Å². The van der Waals surface area contributed by atoms with Gasteiger partial charge in [-0.3, -0.25) is 0 Å². The van der Waals surface area contributed by atoms with Gasteiger partial charge >= 0.3 is 5.97 Å². The second-order valence-electron chi connectivity index (χ2n) is 4.93. The number of sulfonamides is 1. The standard InChI is InChI=1S/C12H14ClNO5S/c13-9-2-1-8(11(16)17)5-10(9)20(18,19)14-6-12(7-15)3-4-12/h1-2,5,14-15H,3-4,6-7H2,(H,16,17). The molecule has 0 saturated heterocycles. The highest BCUT2D eigenvalue weighted by Gasteiger charge is 2.42. The lowest BCUT2D eigenvalue weighted by Gasteiger charge is -2.14. The van der Waals surface area contributed by atoms with Gasteiger partial charge in [0.15, 0.2) is 0 Å². The Balaban J connectivity index is 2.24. The normalized spacial score (nSPS) is 16.9. The minimum absolute atomic E-state index is 0.0451. The number of rotatable bonds is 6.